The van der Waals surface area contributed by atoms with E-state index in [2.05, 4.69) is 0 Å². The third kappa shape index (κ3) is 3.92. The zero-order chi connectivity index (χ0) is 15.3. The van der Waals surface area contributed by atoms with Crippen molar-refractivity contribution in [3.63, 3.8) is 0 Å². The summed E-state index contributed by atoms with van der Waals surface area (Å²) in [7, 11) is 0. The van der Waals surface area contributed by atoms with Crippen LogP contribution < -0.4 is 4.74 Å². The Hall–Kier alpha value is -1.65. The third-order valence-electron chi connectivity index (χ3n) is 2.44. The number of hydrogen-bond acceptors (Lipinski definition) is 4. The molecule has 1 rings (SSSR count). The van der Waals surface area contributed by atoms with Crippen LogP contribution in [0.3, 0.4) is 0 Å². The molecule has 0 radical (unpaired) electrons. The Bertz CT molecular complexity index is 575. The number of aldehydes is 1. The van der Waals surface area contributed by atoms with Crippen molar-refractivity contribution in [2.45, 2.75) is 13.8 Å². The molecule has 0 atom stereocenters. The summed E-state index contributed by atoms with van der Waals surface area (Å²) in [5, 5.41) is 0.267. The first kappa shape index (κ1) is 16.4. The summed E-state index contributed by atoms with van der Waals surface area (Å²) in [6, 6.07) is 3.07. The van der Waals surface area contributed by atoms with E-state index in [1.54, 1.807) is 6.07 Å². The van der Waals surface area contributed by atoms with Crippen LogP contribution in [-0.4, -0.2) is 24.5 Å². The zero-order valence-electron chi connectivity index (χ0n) is 10.9. The minimum absolute atomic E-state index is 0.0320. The molecule has 0 saturated carbocycles. The molecule has 6 heteroatoms. The van der Waals surface area contributed by atoms with E-state index in [1.165, 1.54) is 26.0 Å². The first-order chi connectivity index (χ1) is 9.38. The van der Waals surface area contributed by atoms with E-state index in [0.717, 1.165) is 0 Å². The molecule has 0 heterocycles. The molecule has 0 unspecified atom stereocenters. The van der Waals surface area contributed by atoms with Crippen LogP contribution in [-0.2, 0) is 14.4 Å². The average molecular weight is 315 g/mol. The Morgan fingerprint density at radius 3 is 2.25 bits per heavy atom. The highest BCUT2D eigenvalue weighted by Gasteiger charge is 2.14. The SMILES string of the molecule is CC(=O)C(=Cc1ccc(OCC=O)c(Cl)c1Cl)C(C)=O. The second-order valence-corrected chi connectivity index (χ2v) is 4.68. The van der Waals surface area contributed by atoms with Gasteiger partial charge in [-0.05, 0) is 37.6 Å². The molecule has 0 aromatic heterocycles. The lowest BCUT2D eigenvalue weighted by Crippen LogP contribution is -2.06. The topological polar surface area (TPSA) is 60.4 Å². The molecule has 0 fully saturated rings. The van der Waals surface area contributed by atoms with E-state index in [4.69, 9.17) is 27.9 Å². The second kappa shape index (κ2) is 7.22. The van der Waals surface area contributed by atoms with E-state index in [9.17, 15) is 14.4 Å². The lowest BCUT2D eigenvalue weighted by molar-refractivity contribution is -0.119. The number of allylic oxidation sites excluding steroid dienone is 1. The largest absolute Gasteiger partial charge is 0.485 e. The van der Waals surface area contributed by atoms with Gasteiger partial charge in [0.15, 0.2) is 17.9 Å². The Labute approximate surface area is 126 Å². The molecule has 0 bridgehead atoms. The summed E-state index contributed by atoms with van der Waals surface area (Å²) in [5.41, 5.74) is 0.458. The normalized spacial score (nSPS) is 9.80. The number of halogens is 2. The van der Waals surface area contributed by atoms with Gasteiger partial charge < -0.3 is 4.74 Å². The van der Waals surface area contributed by atoms with Gasteiger partial charge >= 0.3 is 0 Å². The van der Waals surface area contributed by atoms with Crippen molar-refractivity contribution >= 4 is 47.1 Å². The van der Waals surface area contributed by atoms with Gasteiger partial charge in [-0.25, -0.2) is 0 Å². The fourth-order valence-corrected chi connectivity index (χ4v) is 1.94. The van der Waals surface area contributed by atoms with Gasteiger partial charge in [0.1, 0.15) is 17.4 Å². The number of carbonyl (C=O) groups is 3. The van der Waals surface area contributed by atoms with Crippen LogP contribution in [0.4, 0.5) is 0 Å². The number of Topliss-reactive ketones (excluding diaryl/α,β-unsaturated/α-hetero) is 2. The van der Waals surface area contributed by atoms with E-state index in [0.29, 0.717) is 11.8 Å². The van der Waals surface area contributed by atoms with Crippen molar-refractivity contribution in [1.82, 2.24) is 0 Å². The Balaban J connectivity index is 3.24. The molecule has 106 valence electrons. The molecule has 0 amide bonds. The summed E-state index contributed by atoms with van der Waals surface area (Å²) < 4.78 is 5.08. The molecule has 0 aliphatic carbocycles. The predicted octanol–water partition coefficient (Wildman–Crippen LogP) is 3.13. The Morgan fingerprint density at radius 1 is 1.15 bits per heavy atom. The van der Waals surface area contributed by atoms with Crippen LogP contribution >= 0.6 is 23.2 Å². The van der Waals surface area contributed by atoms with E-state index in [-0.39, 0.29) is 39.5 Å². The van der Waals surface area contributed by atoms with Crippen LogP contribution in [0.5, 0.6) is 5.75 Å². The van der Waals surface area contributed by atoms with Gasteiger partial charge in [0.2, 0.25) is 0 Å². The lowest BCUT2D eigenvalue weighted by Gasteiger charge is -2.09. The highest BCUT2D eigenvalue weighted by atomic mass is 35.5. The monoisotopic (exact) mass is 314 g/mol. The Morgan fingerprint density at radius 2 is 1.75 bits per heavy atom. The van der Waals surface area contributed by atoms with Crippen molar-refractivity contribution in [3.8, 4) is 5.75 Å². The molecule has 0 N–H and O–H groups in total. The van der Waals surface area contributed by atoms with Gasteiger partial charge in [-0.3, -0.25) is 14.4 Å². The fraction of sp³-hybridized carbons (Fsp3) is 0.214. The molecule has 4 nitrogen and oxygen atoms in total. The summed E-state index contributed by atoms with van der Waals surface area (Å²) in [6.07, 6.45) is 1.96. The number of carbonyl (C=O) groups excluding carboxylic acids is 3. The molecular formula is C14H12Cl2O4. The van der Waals surface area contributed by atoms with Crippen LogP contribution in [0.15, 0.2) is 17.7 Å². The minimum Gasteiger partial charge on any atom is -0.485 e. The summed E-state index contributed by atoms with van der Waals surface area (Å²) in [5.74, 6) is -0.454. The van der Waals surface area contributed by atoms with Gasteiger partial charge in [-0.1, -0.05) is 23.2 Å². The quantitative estimate of drug-likeness (QED) is 0.350. The first-order valence-electron chi connectivity index (χ1n) is 5.66. The molecular weight excluding hydrogens is 303 g/mol. The first-order valence-corrected chi connectivity index (χ1v) is 6.42. The van der Waals surface area contributed by atoms with Crippen molar-refractivity contribution in [3.05, 3.63) is 33.3 Å². The molecule has 0 aliphatic rings. The van der Waals surface area contributed by atoms with Crippen LogP contribution in [0.25, 0.3) is 6.08 Å². The van der Waals surface area contributed by atoms with Crippen LogP contribution in [0.2, 0.25) is 10.0 Å². The van der Waals surface area contributed by atoms with Gasteiger partial charge in [0.05, 0.1) is 10.6 Å². The third-order valence-corrected chi connectivity index (χ3v) is 3.32. The number of ether oxygens (including phenoxy) is 1. The second-order valence-electron chi connectivity index (χ2n) is 3.93. The number of benzene rings is 1. The average Bonchev–Trinajstić information content (AvgIpc) is 2.38. The lowest BCUT2D eigenvalue weighted by atomic mass is 10.0. The zero-order valence-corrected chi connectivity index (χ0v) is 12.4. The van der Waals surface area contributed by atoms with Crippen molar-refractivity contribution in [2.75, 3.05) is 6.61 Å². The van der Waals surface area contributed by atoms with Crippen molar-refractivity contribution in [1.29, 1.82) is 0 Å². The van der Waals surface area contributed by atoms with E-state index >= 15 is 0 Å². The van der Waals surface area contributed by atoms with E-state index in [1.807, 2.05) is 0 Å². The highest BCUT2D eigenvalue weighted by Crippen LogP contribution is 2.35. The smallest absolute Gasteiger partial charge is 0.163 e. The van der Waals surface area contributed by atoms with Crippen LogP contribution in [0, 0.1) is 0 Å². The molecule has 1 aromatic carbocycles. The molecule has 1 aromatic rings. The summed E-state index contributed by atoms with van der Waals surface area (Å²) in [4.78, 5) is 33.0. The molecule has 0 saturated heterocycles. The maximum Gasteiger partial charge on any atom is 0.163 e. The van der Waals surface area contributed by atoms with Gasteiger partial charge in [-0.15, -0.1) is 0 Å². The molecule has 0 spiro atoms. The van der Waals surface area contributed by atoms with Gasteiger partial charge in [0, 0.05) is 0 Å². The minimum atomic E-state index is -0.356. The summed E-state index contributed by atoms with van der Waals surface area (Å²) >= 11 is 12.1. The van der Waals surface area contributed by atoms with Crippen LogP contribution in [0.1, 0.15) is 19.4 Å². The van der Waals surface area contributed by atoms with E-state index < -0.39 is 0 Å². The molecule has 20 heavy (non-hydrogen) atoms. The Kier molecular flexibility index (Phi) is 5.92. The maximum atomic E-state index is 11.4. The number of hydrogen-bond donors (Lipinski definition) is 0. The number of rotatable bonds is 6. The maximum absolute atomic E-state index is 11.4. The van der Waals surface area contributed by atoms with Gasteiger partial charge in [-0.2, -0.15) is 0 Å². The molecule has 0 aliphatic heterocycles. The van der Waals surface area contributed by atoms with Gasteiger partial charge in [0.25, 0.3) is 0 Å². The predicted molar refractivity (Wildman–Crippen MR) is 77.4 cm³/mol. The van der Waals surface area contributed by atoms with Crippen molar-refractivity contribution in [2.24, 2.45) is 0 Å². The highest BCUT2D eigenvalue weighted by molar-refractivity contribution is 6.44. The fourth-order valence-electron chi connectivity index (χ4n) is 1.50. The number of ketones is 2. The van der Waals surface area contributed by atoms with Crippen molar-refractivity contribution < 1.29 is 19.1 Å². The standard InChI is InChI=1S/C14H12Cl2O4/c1-8(18)11(9(2)19)7-10-3-4-12(20-6-5-17)14(16)13(10)15/h3-5,7H,6H2,1-2H3. The summed E-state index contributed by atoms with van der Waals surface area (Å²) in [6.45, 7) is 2.45.